The summed E-state index contributed by atoms with van der Waals surface area (Å²) in [5, 5.41) is 2.56. The summed E-state index contributed by atoms with van der Waals surface area (Å²) in [4.78, 5) is 0. The molecule has 3 heterocycles. The van der Waals surface area contributed by atoms with Crippen LogP contribution in [0.2, 0.25) is 0 Å². The Hall–Kier alpha value is -5.02. The molecule has 1 aromatic heterocycles. The number of aromatic nitrogens is 1. The summed E-state index contributed by atoms with van der Waals surface area (Å²) in [5.74, 6) is 1.96. The van der Waals surface area contributed by atoms with Crippen LogP contribution in [0.5, 0.6) is 11.5 Å². The average molecular weight is 650 g/mol. The maximum atomic E-state index is 6.81. The van der Waals surface area contributed by atoms with E-state index in [2.05, 4.69) is 181 Å². The van der Waals surface area contributed by atoms with Crippen molar-refractivity contribution in [2.45, 2.75) is 71.6 Å². The minimum absolute atomic E-state index is 0.00951. The molecule has 0 aliphatic carbocycles. The summed E-state index contributed by atoms with van der Waals surface area (Å²) in [7, 11) is 0. The molecule has 2 nitrogen and oxygen atoms in total. The van der Waals surface area contributed by atoms with Crippen molar-refractivity contribution in [3.8, 4) is 28.3 Å². The van der Waals surface area contributed by atoms with E-state index in [1.165, 1.54) is 77.3 Å². The van der Waals surface area contributed by atoms with Gasteiger partial charge in [0.15, 0.2) is 0 Å². The average Bonchev–Trinajstić information content (AvgIpc) is 3.43. The zero-order valence-electron chi connectivity index (χ0n) is 30.5. The Balaban J connectivity index is 1.28. The molecule has 0 N–H and O–H groups in total. The highest BCUT2D eigenvalue weighted by molar-refractivity contribution is 6.98. The van der Waals surface area contributed by atoms with E-state index < -0.39 is 0 Å². The van der Waals surface area contributed by atoms with Crippen molar-refractivity contribution in [1.82, 2.24) is 4.57 Å². The fraction of sp³-hybridized carbons (Fsp3) is 0.234. The molecular formula is C47H44BNO. The van der Waals surface area contributed by atoms with Gasteiger partial charge in [0.1, 0.15) is 11.5 Å². The highest BCUT2D eigenvalue weighted by Gasteiger charge is 2.47. The van der Waals surface area contributed by atoms with Gasteiger partial charge in [-0.05, 0) is 91.5 Å². The highest BCUT2D eigenvalue weighted by atomic mass is 16.5. The zero-order valence-corrected chi connectivity index (χ0v) is 30.5. The van der Waals surface area contributed by atoms with Gasteiger partial charge in [0, 0.05) is 21.9 Å². The molecule has 0 saturated heterocycles. The first-order chi connectivity index (χ1) is 23.8. The smallest absolute Gasteiger partial charge is 0.251 e. The van der Waals surface area contributed by atoms with Crippen LogP contribution in [0.1, 0.15) is 77.6 Å². The Morgan fingerprint density at radius 1 is 0.580 bits per heavy atom. The van der Waals surface area contributed by atoms with Crippen molar-refractivity contribution in [3.05, 3.63) is 144 Å². The van der Waals surface area contributed by atoms with E-state index in [0.29, 0.717) is 0 Å². The summed E-state index contributed by atoms with van der Waals surface area (Å²) >= 11 is 0. The number of hydrogen-bond acceptors (Lipinski definition) is 1. The van der Waals surface area contributed by atoms with Gasteiger partial charge in [-0.1, -0.05) is 146 Å². The Kier molecular flexibility index (Phi) is 6.51. The molecule has 0 fully saturated rings. The van der Waals surface area contributed by atoms with E-state index in [1.807, 2.05) is 0 Å². The van der Waals surface area contributed by atoms with E-state index in [9.17, 15) is 0 Å². The van der Waals surface area contributed by atoms with Crippen LogP contribution in [0.4, 0.5) is 0 Å². The fourth-order valence-corrected chi connectivity index (χ4v) is 8.92. The maximum Gasteiger partial charge on any atom is 0.251 e. The Morgan fingerprint density at radius 3 is 1.92 bits per heavy atom. The second-order valence-electron chi connectivity index (χ2n) is 17.0. The van der Waals surface area contributed by atoms with Gasteiger partial charge >= 0.3 is 0 Å². The van der Waals surface area contributed by atoms with Crippen LogP contribution in [0.15, 0.2) is 121 Å². The van der Waals surface area contributed by atoms with Crippen molar-refractivity contribution in [3.63, 3.8) is 0 Å². The molecule has 50 heavy (non-hydrogen) atoms. The van der Waals surface area contributed by atoms with Gasteiger partial charge in [0.25, 0.3) is 6.71 Å². The molecule has 0 saturated carbocycles. The molecule has 2 aliphatic rings. The molecule has 0 unspecified atom stereocenters. The van der Waals surface area contributed by atoms with Crippen molar-refractivity contribution in [1.29, 1.82) is 0 Å². The number of benzene rings is 6. The third-order valence-electron chi connectivity index (χ3n) is 11.4. The molecule has 9 rings (SSSR count). The molecule has 3 heteroatoms. The van der Waals surface area contributed by atoms with E-state index in [4.69, 9.17) is 4.74 Å². The quantitative estimate of drug-likeness (QED) is 0.170. The van der Waals surface area contributed by atoms with Crippen molar-refractivity contribution >= 4 is 44.9 Å². The van der Waals surface area contributed by atoms with Gasteiger partial charge in [0.05, 0.1) is 11.0 Å². The van der Waals surface area contributed by atoms with Crippen LogP contribution >= 0.6 is 0 Å². The monoisotopic (exact) mass is 649 g/mol. The number of hydrogen-bond donors (Lipinski definition) is 0. The van der Waals surface area contributed by atoms with Crippen LogP contribution in [-0.4, -0.2) is 11.3 Å². The SMILES string of the molecule is CC(C)(C)c1ccc2c(c1)B1c3cc(-c4cccc(-n5c6ccccc6c6ccccc65)c4)ccc3C(C)(C)c3c(C(C)(C)C)ccc(c31)O2. The Bertz CT molecular complexity index is 2470. The van der Waals surface area contributed by atoms with Gasteiger partial charge in [-0.25, -0.2) is 0 Å². The normalized spacial score (nSPS) is 14.7. The van der Waals surface area contributed by atoms with E-state index in [1.54, 1.807) is 0 Å². The maximum absolute atomic E-state index is 6.81. The first-order valence-electron chi connectivity index (χ1n) is 18.1. The van der Waals surface area contributed by atoms with Gasteiger partial charge < -0.3 is 9.30 Å². The van der Waals surface area contributed by atoms with Crippen LogP contribution in [0, 0.1) is 0 Å². The standard InChI is InChI=1S/C47H44BNO/c1-45(2,3)31-21-24-41-38(28-31)48-37-27-30(20-22-35(37)47(7,8)43-36(46(4,5)6)23-25-42(50-41)44(43)48)29-14-13-15-32(26-29)49-39-18-11-9-16-33(39)34-17-10-12-19-40(34)49/h9-28H,1-8H3. The zero-order chi connectivity index (χ0) is 34.7. The lowest BCUT2D eigenvalue weighted by molar-refractivity contribution is 0.479. The summed E-state index contributed by atoms with van der Waals surface area (Å²) in [6.45, 7) is 18.8. The van der Waals surface area contributed by atoms with Gasteiger partial charge in [-0.2, -0.15) is 0 Å². The Labute approximate surface area is 296 Å². The third kappa shape index (κ3) is 4.48. The second kappa shape index (κ2) is 10.5. The van der Waals surface area contributed by atoms with Crippen LogP contribution in [0.3, 0.4) is 0 Å². The molecule has 0 bridgehead atoms. The predicted molar refractivity (Wildman–Crippen MR) is 213 cm³/mol. The summed E-state index contributed by atoms with van der Waals surface area (Å²) < 4.78 is 9.22. The highest BCUT2D eigenvalue weighted by Crippen LogP contribution is 2.44. The lowest BCUT2D eigenvalue weighted by Crippen LogP contribution is -2.63. The van der Waals surface area contributed by atoms with Crippen molar-refractivity contribution in [2.24, 2.45) is 0 Å². The van der Waals surface area contributed by atoms with E-state index in [0.717, 1.165) is 11.5 Å². The number of nitrogens with zero attached hydrogens (tertiary/aromatic N) is 1. The molecular weight excluding hydrogens is 605 g/mol. The molecule has 0 radical (unpaired) electrons. The molecule has 0 amide bonds. The first-order valence-corrected chi connectivity index (χ1v) is 18.1. The summed E-state index contributed by atoms with van der Waals surface area (Å²) in [6, 6.07) is 45.2. The number of para-hydroxylation sites is 2. The number of ether oxygens (including phenoxy) is 1. The number of rotatable bonds is 2. The summed E-state index contributed by atoms with van der Waals surface area (Å²) in [6.07, 6.45) is 0. The van der Waals surface area contributed by atoms with E-state index in [-0.39, 0.29) is 23.0 Å². The van der Waals surface area contributed by atoms with Crippen LogP contribution in [0.25, 0.3) is 38.6 Å². The summed E-state index contributed by atoms with van der Waals surface area (Å²) in [5.41, 5.74) is 15.4. The Morgan fingerprint density at radius 2 is 1.24 bits per heavy atom. The first kappa shape index (κ1) is 31.0. The lowest BCUT2D eigenvalue weighted by Gasteiger charge is -2.45. The molecule has 7 aromatic rings. The predicted octanol–water partition coefficient (Wildman–Crippen LogP) is 10.3. The van der Waals surface area contributed by atoms with Gasteiger partial charge in [-0.3, -0.25) is 0 Å². The minimum atomic E-state index is -0.203. The van der Waals surface area contributed by atoms with Crippen LogP contribution < -0.4 is 21.1 Å². The third-order valence-corrected chi connectivity index (χ3v) is 11.4. The molecule has 246 valence electrons. The second-order valence-corrected chi connectivity index (χ2v) is 17.0. The van der Waals surface area contributed by atoms with E-state index >= 15 is 0 Å². The molecule has 6 aromatic carbocycles. The molecule has 0 atom stereocenters. The van der Waals surface area contributed by atoms with Gasteiger partial charge in [0.2, 0.25) is 0 Å². The minimum Gasteiger partial charge on any atom is -0.458 e. The number of fused-ring (bicyclic) bond motifs is 7. The van der Waals surface area contributed by atoms with Gasteiger partial charge in [-0.15, -0.1) is 0 Å². The van der Waals surface area contributed by atoms with Crippen molar-refractivity contribution < 1.29 is 4.74 Å². The van der Waals surface area contributed by atoms with Crippen LogP contribution in [-0.2, 0) is 16.2 Å². The largest absolute Gasteiger partial charge is 0.458 e. The topological polar surface area (TPSA) is 14.2 Å². The van der Waals surface area contributed by atoms with Crippen molar-refractivity contribution in [2.75, 3.05) is 0 Å². The fourth-order valence-electron chi connectivity index (χ4n) is 8.92. The molecule has 0 spiro atoms. The molecule has 2 aliphatic heterocycles. The lowest BCUT2D eigenvalue weighted by atomic mass is 9.30.